The SMILES string of the molecule is COc1nc(OC)nc(N(C)C(C)(C)CBr)n1. The lowest BCUT2D eigenvalue weighted by atomic mass is 10.1. The van der Waals surface area contributed by atoms with Gasteiger partial charge in [-0.3, -0.25) is 0 Å². The van der Waals surface area contributed by atoms with E-state index in [0.717, 1.165) is 5.33 Å². The summed E-state index contributed by atoms with van der Waals surface area (Å²) < 4.78 is 10.0. The van der Waals surface area contributed by atoms with Crippen molar-refractivity contribution in [3.63, 3.8) is 0 Å². The summed E-state index contributed by atoms with van der Waals surface area (Å²) in [5, 5.41) is 0.785. The summed E-state index contributed by atoms with van der Waals surface area (Å²) in [7, 11) is 4.93. The zero-order valence-electron chi connectivity index (χ0n) is 10.7. The van der Waals surface area contributed by atoms with E-state index in [-0.39, 0.29) is 17.6 Å². The Bertz CT molecular complexity index is 364. The maximum absolute atomic E-state index is 5.01. The third-order valence-electron chi connectivity index (χ3n) is 2.48. The monoisotopic (exact) mass is 304 g/mol. The molecule has 0 atom stereocenters. The molecule has 1 rings (SSSR count). The second kappa shape index (κ2) is 5.48. The molecule has 0 saturated carbocycles. The predicted molar refractivity (Wildman–Crippen MR) is 69.2 cm³/mol. The highest BCUT2D eigenvalue weighted by Crippen LogP contribution is 2.23. The first-order valence-corrected chi connectivity index (χ1v) is 6.20. The Hall–Kier alpha value is -1.11. The van der Waals surface area contributed by atoms with Crippen molar-refractivity contribution < 1.29 is 9.47 Å². The number of hydrogen-bond acceptors (Lipinski definition) is 6. The predicted octanol–water partition coefficient (Wildman–Crippen LogP) is 1.50. The van der Waals surface area contributed by atoms with Crippen LogP contribution in [0.5, 0.6) is 12.0 Å². The minimum Gasteiger partial charge on any atom is -0.467 e. The molecule has 0 amide bonds. The summed E-state index contributed by atoms with van der Waals surface area (Å²) in [6.07, 6.45) is 0. The number of nitrogens with zero attached hydrogens (tertiary/aromatic N) is 4. The lowest BCUT2D eigenvalue weighted by Crippen LogP contribution is -2.43. The van der Waals surface area contributed by atoms with Crippen molar-refractivity contribution in [3.8, 4) is 12.0 Å². The Morgan fingerprint density at radius 3 is 1.94 bits per heavy atom. The zero-order chi connectivity index (χ0) is 13.1. The van der Waals surface area contributed by atoms with Gasteiger partial charge < -0.3 is 14.4 Å². The number of aromatic nitrogens is 3. The van der Waals surface area contributed by atoms with Gasteiger partial charge in [0, 0.05) is 17.9 Å². The van der Waals surface area contributed by atoms with E-state index in [1.165, 1.54) is 14.2 Å². The van der Waals surface area contributed by atoms with Gasteiger partial charge in [-0.2, -0.15) is 9.97 Å². The molecule has 1 aromatic heterocycles. The molecule has 7 heteroatoms. The fraction of sp³-hybridized carbons (Fsp3) is 0.700. The molecule has 0 spiro atoms. The topological polar surface area (TPSA) is 60.4 Å². The Morgan fingerprint density at radius 1 is 1.12 bits per heavy atom. The number of alkyl halides is 1. The van der Waals surface area contributed by atoms with Gasteiger partial charge in [-0.1, -0.05) is 15.9 Å². The van der Waals surface area contributed by atoms with E-state index >= 15 is 0 Å². The van der Waals surface area contributed by atoms with Crippen molar-refractivity contribution in [2.75, 3.05) is 31.5 Å². The van der Waals surface area contributed by atoms with Gasteiger partial charge in [0.2, 0.25) is 5.95 Å². The van der Waals surface area contributed by atoms with Crippen LogP contribution in [-0.2, 0) is 0 Å². The van der Waals surface area contributed by atoms with E-state index in [4.69, 9.17) is 9.47 Å². The molecule has 0 aliphatic carbocycles. The summed E-state index contributed by atoms with van der Waals surface area (Å²) in [4.78, 5) is 14.3. The quantitative estimate of drug-likeness (QED) is 0.768. The Morgan fingerprint density at radius 2 is 1.59 bits per heavy atom. The summed E-state index contributed by atoms with van der Waals surface area (Å²) in [6.45, 7) is 4.15. The van der Waals surface area contributed by atoms with Gasteiger partial charge in [0.25, 0.3) is 0 Å². The van der Waals surface area contributed by atoms with Crippen LogP contribution in [0.25, 0.3) is 0 Å². The first-order valence-electron chi connectivity index (χ1n) is 5.08. The van der Waals surface area contributed by atoms with Crippen LogP contribution in [0, 0.1) is 0 Å². The summed E-state index contributed by atoms with van der Waals surface area (Å²) in [5.41, 5.74) is -0.128. The van der Waals surface area contributed by atoms with E-state index < -0.39 is 0 Å². The summed E-state index contributed by atoms with van der Waals surface area (Å²) in [5.74, 6) is 0.512. The zero-order valence-corrected chi connectivity index (χ0v) is 12.3. The minimum absolute atomic E-state index is 0.128. The molecular weight excluding hydrogens is 288 g/mol. The maximum Gasteiger partial charge on any atom is 0.324 e. The average Bonchev–Trinajstić information content (AvgIpc) is 2.36. The largest absolute Gasteiger partial charge is 0.467 e. The fourth-order valence-corrected chi connectivity index (χ4v) is 1.40. The van der Waals surface area contributed by atoms with Crippen molar-refractivity contribution in [1.29, 1.82) is 0 Å². The van der Waals surface area contributed by atoms with Crippen LogP contribution in [0.1, 0.15) is 13.8 Å². The van der Waals surface area contributed by atoms with Crippen LogP contribution in [0.4, 0.5) is 5.95 Å². The highest BCUT2D eigenvalue weighted by molar-refractivity contribution is 9.09. The second-order valence-corrected chi connectivity index (χ2v) is 4.67. The number of halogens is 1. The molecule has 1 aromatic rings. The highest BCUT2D eigenvalue weighted by atomic mass is 79.9. The molecule has 0 N–H and O–H groups in total. The molecule has 17 heavy (non-hydrogen) atoms. The first-order chi connectivity index (χ1) is 7.94. The van der Waals surface area contributed by atoms with Gasteiger partial charge in [0.1, 0.15) is 0 Å². The smallest absolute Gasteiger partial charge is 0.324 e. The molecule has 0 aromatic carbocycles. The van der Waals surface area contributed by atoms with Gasteiger partial charge in [0.15, 0.2) is 0 Å². The molecule has 0 unspecified atom stereocenters. The molecule has 96 valence electrons. The Kier molecular flexibility index (Phi) is 4.50. The number of anilines is 1. The number of methoxy groups -OCH3 is 2. The molecular formula is C10H17BrN4O2. The van der Waals surface area contributed by atoms with Gasteiger partial charge in [0.05, 0.1) is 14.2 Å². The Balaban J connectivity index is 3.12. The minimum atomic E-state index is -0.128. The lowest BCUT2D eigenvalue weighted by molar-refractivity contribution is 0.338. The van der Waals surface area contributed by atoms with E-state index in [0.29, 0.717) is 5.95 Å². The maximum atomic E-state index is 5.01. The summed E-state index contributed by atoms with van der Waals surface area (Å²) >= 11 is 3.46. The molecule has 0 bridgehead atoms. The summed E-state index contributed by atoms with van der Waals surface area (Å²) in [6, 6.07) is 0.480. The Labute approximate surface area is 109 Å². The van der Waals surface area contributed by atoms with Crippen LogP contribution in [0.15, 0.2) is 0 Å². The highest BCUT2D eigenvalue weighted by Gasteiger charge is 2.25. The molecule has 0 aliphatic rings. The van der Waals surface area contributed by atoms with Crippen molar-refractivity contribution in [2.24, 2.45) is 0 Å². The van der Waals surface area contributed by atoms with E-state index in [9.17, 15) is 0 Å². The van der Waals surface area contributed by atoms with Gasteiger partial charge in [-0.05, 0) is 13.8 Å². The van der Waals surface area contributed by atoms with Gasteiger partial charge in [-0.15, -0.1) is 4.98 Å². The third kappa shape index (κ3) is 3.18. The van der Waals surface area contributed by atoms with E-state index in [1.54, 1.807) is 0 Å². The van der Waals surface area contributed by atoms with Crippen LogP contribution in [0.3, 0.4) is 0 Å². The lowest BCUT2D eigenvalue weighted by Gasteiger charge is -2.33. The first kappa shape index (κ1) is 14.0. The molecule has 1 heterocycles. The molecule has 6 nitrogen and oxygen atoms in total. The van der Waals surface area contributed by atoms with Gasteiger partial charge >= 0.3 is 12.0 Å². The number of hydrogen-bond donors (Lipinski definition) is 0. The van der Waals surface area contributed by atoms with Crippen molar-refractivity contribution >= 4 is 21.9 Å². The van der Waals surface area contributed by atoms with E-state index in [2.05, 4.69) is 44.7 Å². The normalized spacial score (nSPS) is 11.2. The molecule has 0 aliphatic heterocycles. The molecule has 0 fully saturated rings. The average molecular weight is 305 g/mol. The fourth-order valence-electron chi connectivity index (χ4n) is 1.02. The number of rotatable bonds is 5. The van der Waals surface area contributed by atoms with Crippen molar-refractivity contribution in [3.05, 3.63) is 0 Å². The van der Waals surface area contributed by atoms with Crippen molar-refractivity contribution in [2.45, 2.75) is 19.4 Å². The third-order valence-corrected chi connectivity index (χ3v) is 3.85. The van der Waals surface area contributed by atoms with Crippen LogP contribution < -0.4 is 14.4 Å². The van der Waals surface area contributed by atoms with Crippen LogP contribution in [0.2, 0.25) is 0 Å². The standard InChI is InChI=1S/C10H17BrN4O2/c1-10(2,6-11)15(3)7-12-8(16-4)14-9(13-7)17-5/h6H2,1-5H3. The second-order valence-electron chi connectivity index (χ2n) is 4.11. The molecule has 0 radical (unpaired) electrons. The van der Waals surface area contributed by atoms with Crippen LogP contribution in [-0.4, -0.2) is 47.1 Å². The van der Waals surface area contributed by atoms with Crippen molar-refractivity contribution in [1.82, 2.24) is 15.0 Å². The van der Waals surface area contributed by atoms with Gasteiger partial charge in [-0.25, -0.2) is 0 Å². The van der Waals surface area contributed by atoms with E-state index in [1.807, 2.05) is 11.9 Å². The number of ether oxygens (including phenoxy) is 2. The van der Waals surface area contributed by atoms with Crippen LogP contribution >= 0.6 is 15.9 Å². The molecule has 0 saturated heterocycles.